The summed E-state index contributed by atoms with van der Waals surface area (Å²) < 4.78 is 33.9. The van der Waals surface area contributed by atoms with Crippen molar-refractivity contribution in [2.45, 2.75) is 43.3 Å². The molecule has 2 aromatic carbocycles. The van der Waals surface area contributed by atoms with Gasteiger partial charge in [0.05, 0.1) is 11.5 Å². The highest BCUT2D eigenvalue weighted by molar-refractivity contribution is 7.89. The van der Waals surface area contributed by atoms with Crippen LogP contribution in [0.1, 0.15) is 24.5 Å². The predicted molar refractivity (Wildman–Crippen MR) is 101 cm³/mol. The standard InChI is InChI=1S/C20H24N2O3S/c1-15-11-18(14-22(15)13-16-5-3-2-4-6-16)21-26(23,24)19-7-8-20-17(12-19)9-10-25-20/h2-8,12,15,18,21H,9-11,13-14H2,1H3. The third-order valence-corrected chi connectivity index (χ3v) is 6.74. The highest BCUT2D eigenvalue weighted by Gasteiger charge is 2.32. The second-order valence-electron chi connectivity index (χ2n) is 7.19. The van der Waals surface area contributed by atoms with Crippen molar-refractivity contribution < 1.29 is 13.2 Å². The summed E-state index contributed by atoms with van der Waals surface area (Å²) in [4.78, 5) is 2.66. The first-order valence-corrected chi connectivity index (χ1v) is 10.6. The van der Waals surface area contributed by atoms with Gasteiger partial charge in [0.1, 0.15) is 5.75 Å². The van der Waals surface area contributed by atoms with Gasteiger partial charge in [-0.1, -0.05) is 30.3 Å². The summed E-state index contributed by atoms with van der Waals surface area (Å²) in [7, 11) is -3.52. The minimum atomic E-state index is -3.52. The Balaban J connectivity index is 1.44. The monoisotopic (exact) mass is 372 g/mol. The lowest BCUT2D eigenvalue weighted by atomic mass is 10.2. The molecule has 1 saturated heterocycles. The molecule has 4 rings (SSSR count). The number of ether oxygens (including phenoxy) is 1. The fourth-order valence-electron chi connectivity index (χ4n) is 3.84. The number of fused-ring (bicyclic) bond motifs is 1. The van der Waals surface area contributed by atoms with Gasteiger partial charge in [0.25, 0.3) is 0 Å². The Hall–Kier alpha value is -1.89. The van der Waals surface area contributed by atoms with E-state index in [9.17, 15) is 8.42 Å². The number of hydrogen-bond acceptors (Lipinski definition) is 4. The van der Waals surface area contributed by atoms with Gasteiger partial charge in [-0.05, 0) is 42.7 Å². The van der Waals surface area contributed by atoms with E-state index < -0.39 is 10.0 Å². The first-order chi connectivity index (χ1) is 12.5. The first kappa shape index (κ1) is 17.5. The van der Waals surface area contributed by atoms with E-state index in [0.717, 1.165) is 37.2 Å². The Bertz CT molecular complexity index is 883. The van der Waals surface area contributed by atoms with Gasteiger partial charge in [0.2, 0.25) is 10.0 Å². The van der Waals surface area contributed by atoms with Crippen molar-refractivity contribution in [3.8, 4) is 5.75 Å². The smallest absolute Gasteiger partial charge is 0.240 e. The second-order valence-corrected chi connectivity index (χ2v) is 8.90. The molecule has 1 N–H and O–H groups in total. The second kappa shape index (κ2) is 7.02. The van der Waals surface area contributed by atoms with E-state index in [1.165, 1.54) is 5.56 Å². The average molecular weight is 372 g/mol. The Kier molecular flexibility index (Phi) is 4.73. The van der Waals surface area contributed by atoms with Crippen molar-refractivity contribution >= 4 is 10.0 Å². The quantitative estimate of drug-likeness (QED) is 0.876. The lowest BCUT2D eigenvalue weighted by Crippen LogP contribution is -2.37. The molecule has 0 bridgehead atoms. The van der Waals surface area contributed by atoms with Crippen LogP contribution in [0.5, 0.6) is 5.75 Å². The van der Waals surface area contributed by atoms with Gasteiger partial charge >= 0.3 is 0 Å². The van der Waals surface area contributed by atoms with Crippen LogP contribution in [0, 0.1) is 0 Å². The summed E-state index contributed by atoms with van der Waals surface area (Å²) in [6.07, 6.45) is 1.59. The van der Waals surface area contributed by atoms with Crippen LogP contribution < -0.4 is 9.46 Å². The van der Waals surface area contributed by atoms with E-state index in [2.05, 4.69) is 28.7 Å². The van der Waals surface area contributed by atoms with Crippen LogP contribution in [-0.4, -0.2) is 38.6 Å². The third-order valence-electron chi connectivity index (χ3n) is 5.23. The van der Waals surface area contributed by atoms with E-state index in [1.54, 1.807) is 18.2 Å². The summed E-state index contributed by atoms with van der Waals surface area (Å²) in [5.41, 5.74) is 2.22. The fourth-order valence-corrected chi connectivity index (χ4v) is 5.13. The van der Waals surface area contributed by atoms with Gasteiger partial charge in [0, 0.05) is 31.6 Å². The van der Waals surface area contributed by atoms with Crippen molar-refractivity contribution in [2.24, 2.45) is 0 Å². The van der Waals surface area contributed by atoms with Gasteiger partial charge in [-0.3, -0.25) is 4.90 Å². The van der Waals surface area contributed by atoms with E-state index in [1.807, 2.05) is 18.2 Å². The Morgan fingerprint density at radius 1 is 1.19 bits per heavy atom. The highest BCUT2D eigenvalue weighted by Crippen LogP contribution is 2.28. The summed E-state index contributed by atoms with van der Waals surface area (Å²) in [5, 5.41) is 0. The molecule has 5 nitrogen and oxygen atoms in total. The number of hydrogen-bond donors (Lipinski definition) is 1. The van der Waals surface area contributed by atoms with E-state index in [4.69, 9.17) is 4.74 Å². The van der Waals surface area contributed by atoms with Gasteiger partial charge in [-0.2, -0.15) is 0 Å². The molecule has 0 aliphatic carbocycles. The summed E-state index contributed by atoms with van der Waals surface area (Å²) in [5.74, 6) is 0.799. The van der Waals surface area contributed by atoms with Crippen LogP contribution in [-0.2, 0) is 23.0 Å². The minimum Gasteiger partial charge on any atom is -0.493 e. The van der Waals surface area contributed by atoms with Crippen LogP contribution in [0.4, 0.5) is 0 Å². The van der Waals surface area contributed by atoms with Crippen molar-refractivity contribution in [2.75, 3.05) is 13.2 Å². The molecule has 26 heavy (non-hydrogen) atoms. The zero-order chi connectivity index (χ0) is 18.1. The number of sulfonamides is 1. The molecule has 2 aliphatic heterocycles. The topological polar surface area (TPSA) is 58.6 Å². The molecule has 0 saturated carbocycles. The molecular formula is C20H24N2O3S. The Morgan fingerprint density at radius 2 is 2.00 bits per heavy atom. The zero-order valence-corrected chi connectivity index (χ0v) is 15.7. The fraction of sp³-hybridized carbons (Fsp3) is 0.400. The predicted octanol–water partition coefficient (Wildman–Crippen LogP) is 2.56. The molecule has 138 valence electrons. The maximum atomic E-state index is 12.8. The molecule has 2 unspecified atom stereocenters. The van der Waals surface area contributed by atoms with Crippen LogP contribution in [0.3, 0.4) is 0 Å². The Morgan fingerprint density at radius 3 is 2.81 bits per heavy atom. The molecule has 0 aromatic heterocycles. The van der Waals surface area contributed by atoms with Crippen molar-refractivity contribution in [1.29, 1.82) is 0 Å². The largest absolute Gasteiger partial charge is 0.493 e. The lowest BCUT2D eigenvalue weighted by Gasteiger charge is -2.21. The normalized spacial score (nSPS) is 23.0. The number of rotatable bonds is 5. The molecule has 0 spiro atoms. The van der Waals surface area contributed by atoms with Crippen molar-refractivity contribution in [1.82, 2.24) is 9.62 Å². The van der Waals surface area contributed by atoms with E-state index in [0.29, 0.717) is 17.5 Å². The maximum absolute atomic E-state index is 12.8. The number of benzene rings is 2. The number of nitrogens with one attached hydrogen (secondary N) is 1. The molecule has 0 amide bonds. The van der Waals surface area contributed by atoms with Gasteiger partial charge in [-0.15, -0.1) is 0 Å². The zero-order valence-electron chi connectivity index (χ0n) is 14.9. The molecule has 2 atom stereocenters. The lowest BCUT2D eigenvalue weighted by molar-refractivity contribution is 0.258. The minimum absolute atomic E-state index is 0.0665. The highest BCUT2D eigenvalue weighted by atomic mass is 32.2. The van der Waals surface area contributed by atoms with Crippen molar-refractivity contribution in [3.05, 3.63) is 59.7 Å². The molecule has 6 heteroatoms. The summed E-state index contributed by atoms with van der Waals surface area (Å²) in [6, 6.07) is 15.7. The van der Waals surface area contributed by atoms with Crippen molar-refractivity contribution in [3.63, 3.8) is 0 Å². The SMILES string of the molecule is CC1CC(NS(=O)(=O)c2ccc3c(c2)CCO3)CN1Cc1ccccc1. The summed E-state index contributed by atoms with van der Waals surface area (Å²) >= 11 is 0. The van der Waals surface area contributed by atoms with Gasteiger partial charge in [-0.25, -0.2) is 13.1 Å². The molecule has 2 aliphatic rings. The van der Waals surface area contributed by atoms with Gasteiger partial charge in [0.15, 0.2) is 0 Å². The number of nitrogens with zero attached hydrogens (tertiary/aromatic N) is 1. The maximum Gasteiger partial charge on any atom is 0.240 e. The van der Waals surface area contributed by atoms with Crippen LogP contribution >= 0.6 is 0 Å². The Labute approximate surface area is 155 Å². The molecular weight excluding hydrogens is 348 g/mol. The number of likely N-dealkylation sites (tertiary alicyclic amines) is 1. The van der Waals surface area contributed by atoms with Crippen LogP contribution in [0.25, 0.3) is 0 Å². The average Bonchev–Trinajstić information content (AvgIpc) is 3.21. The molecule has 1 fully saturated rings. The third kappa shape index (κ3) is 3.63. The van der Waals surface area contributed by atoms with E-state index >= 15 is 0 Å². The van der Waals surface area contributed by atoms with Crippen LogP contribution in [0.15, 0.2) is 53.4 Å². The van der Waals surface area contributed by atoms with Crippen LogP contribution in [0.2, 0.25) is 0 Å². The van der Waals surface area contributed by atoms with Gasteiger partial charge < -0.3 is 4.74 Å². The first-order valence-electron chi connectivity index (χ1n) is 9.07. The summed E-state index contributed by atoms with van der Waals surface area (Å²) in [6.45, 7) is 4.35. The molecule has 2 heterocycles. The molecule has 0 radical (unpaired) electrons. The molecule has 2 aromatic rings. The van der Waals surface area contributed by atoms with E-state index in [-0.39, 0.29) is 6.04 Å².